The van der Waals surface area contributed by atoms with Gasteiger partial charge < -0.3 is 15.6 Å². The second-order valence-electron chi connectivity index (χ2n) is 4.81. The predicted molar refractivity (Wildman–Crippen MR) is 73.3 cm³/mol. The fourth-order valence-corrected chi connectivity index (χ4v) is 2.01. The molecule has 0 atom stereocenters. The Morgan fingerprint density at radius 3 is 3.17 bits per heavy atom. The number of imidazole rings is 1. The van der Waals surface area contributed by atoms with Crippen molar-refractivity contribution in [1.29, 1.82) is 0 Å². The summed E-state index contributed by atoms with van der Waals surface area (Å²) < 4.78 is 2.23. The zero-order valence-electron chi connectivity index (χ0n) is 10.9. The lowest BCUT2D eigenvalue weighted by Gasteiger charge is -2.11. The van der Waals surface area contributed by atoms with E-state index in [-0.39, 0.29) is 0 Å². The first-order valence-electron chi connectivity index (χ1n) is 6.38. The smallest absolute Gasteiger partial charge is 0.189 e. The number of nitrogens with one attached hydrogen (secondary N) is 1. The number of nitrogens with zero attached hydrogens (tertiary/aromatic N) is 3. The third-order valence-electron chi connectivity index (χ3n) is 2.94. The Balaban J connectivity index is 1.91. The fourth-order valence-electron chi connectivity index (χ4n) is 2.01. The van der Waals surface area contributed by atoms with Gasteiger partial charge in [0, 0.05) is 25.7 Å². The molecule has 0 unspecified atom stereocenters. The van der Waals surface area contributed by atoms with Crippen molar-refractivity contribution in [2.75, 3.05) is 6.54 Å². The number of aliphatic imine (C=N–C) groups is 1. The van der Waals surface area contributed by atoms with E-state index in [1.54, 1.807) is 0 Å². The van der Waals surface area contributed by atoms with Crippen LogP contribution in [-0.2, 0) is 19.5 Å². The first-order valence-corrected chi connectivity index (χ1v) is 6.38. The molecule has 0 amide bonds. The van der Waals surface area contributed by atoms with Crippen molar-refractivity contribution in [2.45, 2.75) is 39.3 Å². The summed E-state index contributed by atoms with van der Waals surface area (Å²) in [4.78, 5) is 8.85. The summed E-state index contributed by atoms with van der Waals surface area (Å²) in [5.74, 6) is 1.63. The molecule has 0 aliphatic carbocycles. The molecule has 2 rings (SSSR count). The highest BCUT2D eigenvalue weighted by molar-refractivity contribution is 5.77. The average molecular weight is 247 g/mol. The van der Waals surface area contributed by atoms with Crippen LogP contribution >= 0.6 is 0 Å². The van der Waals surface area contributed by atoms with Crippen LogP contribution < -0.4 is 11.1 Å². The van der Waals surface area contributed by atoms with Gasteiger partial charge in [0.2, 0.25) is 0 Å². The highest BCUT2D eigenvalue weighted by atomic mass is 15.1. The van der Waals surface area contributed by atoms with Crippen molar-refractivity contribution in [1.82, 2.24) is 14.9 Å². The molecule has 5 nitrogen and oxygen atoms in total. The molecule has 0 saturated heterocycles. The zero-order valence-corrected chi connectivity index (χ0v) is 10.9. The van der Waals surface area contributed by atoms with E-state index in [1.165, 1.54) is 18.7 Å². The fraction of sp³-hybridized carbons (Fsp3) is 0.538. The predicted octanol–water partition coefficient (Wildman–Crippen LogP) is 1.20. The summed E-state index contributed by atoms with van der Waals surface area (Å²) in [5, 5.41) is 3.01. The van der Waals surface area contributed by atoms with E-state index in [9.17, 15) is 0 Å². The largest absolute Gasteiger partial charge is 0.370 e. The summed E-state index contributed by atoms with van der Waals surface area (Å²) in [6.07, 6.45) is 5.65. The number of hydrogen-bond donors (Lipinski definition) is 2. The molecule has 0 fully saturated rings. The van der Waals surface area contributed by atoms with Gasteiger partial charge >= 0.3 is 0 Å². The standard InChI is InChI=1S/C13H21N5/c1-10(2)7-15-13(14)16-8-11-9-18-6-4-3-5-12(18)17-11/h9H,1,3-8H2,2H3,(H3,14,15,16). The Hall–Kier alpha value is -1.78. The van der Waals surface area contributed by atoms with E-state index in [0.29, 0.717) is 19.0 Å². The molecular weight excluding hydrogens is 226 g/mol. The van der Waals surface area contributed by atoms with Crippen LogP contribution in [0.1, 0.15) is 31.3 Å². The van der Waals surface area contributed by atoms with E-state index in [0.717, 1.165) is 24.2 Å². The molecule has 3 N–H and O–H groups in total. The minimum Gasteiger partial charge on any atom is -0.370 e. The van der Waals surface area contributed by atoms with E-state index in [2.05, 4.69) is 32.6 Å². The Kier molecular flexibility index (Phi) is 4.02. The van der Waals surface area contributed by atoms with Gasteiger partial charge in [-0.2, -0.15) is 0 Å². The quantitative estimate of drug-likeness (QED) is 0.477. The van der Waals surface area contributed by atoms with Gasteiger partial charge in [0.25, 0.3) is 0 Å². The van der Waals surface area contributed by atoms with Gasteiger partial charge in [-0.3, -0.25) is 0 Å². The monoisotopic (exact) mass is 247 g/mol. The van der Waals surface area contributed by atoms with Crippen molar-refractivity contribution in [2.24, 2.45) is 10.7 Å². The normalized spacial score (nSPS) is 15.3. The van der Waals surface area contributed by atoms with Crippen LogP contribution in [0.2, 0.25) is 0 Å². The topological polar surface area (TPSA) is 68.2 Å². The Bertz CT molecular complexity index is 434. The molecule has 1 aliphatic rings. The number of rotatable bonds is 4. The highest BCUT2D eigenvalue weighted by Gasteiger charge is 2.11. The van der Waals surface area contributed by atoms with Gasteiger partial charge in [-0.25, -0.2) is 9.98 Å². The Labute approximate surface area is 108 Å². The van der Waals surface area contributed by atoms with Gasteiger partial charge in [0.05, 0.1) is 12.2 Å². The average Bonchev–Trinajstić information content (AvgIpc) is 2.76. The van der Waals surface area contributed by atoms with Gasteiger partial charge in [-0.05, 0) is 19.8 Å². The van der Waals surface area contributed by atoms with E-state index >= 15 is 0 Å². The molecule has 0 spiro atoms. The second-order valence-corrected chi connectivity index (χ2v) is 4.81. The maximum absolute atomic E-state index is 5.76. The van der Waals surface area contributed by atoms with Crippen molar-refractivity contribution in [3.8, 4) is 0 Å². The van der Waals surface area contributed by atoms with Crippen molar-refractivity contribution in [3.05, 3.63) is 29.9 Å². The molecule has 1 aliphatic heterocycles. The molecular formula is C13H21N5. The lowest BCUT2D eigenvalue weighted by Crippen LogP contribution is -2.32. The summed E-state index contributed by atoms with van der Waals surface area (Å²) in [6, 6.07) is 0. The summed E-state index contributed by atoms with van der Waals surface area (Å²) in [7, 11) is 0. The van der Waals surface area contributed by atoms with Crippen molar-refractivity contribution < 1.29 is 0 Å². The van der Waals surface area contributed by atoms with Gasteiger partial charge in [-0.15, -0.1) is 0 Å². The number of guanidine groups is 1. The third-order valence-corrected chi connectivity index (χ3v) is 2.94. The number of fused-ring (bicyclic) bond motifs is 1. The minimum atomic E-state index is 0.448. The number of aryl methyl sites for hydroxylation is 2. The van der Waals surface area contributed by atoms with Gasteiger partial charge in [0.15, 0.2) is 5.96 Å². The van der Waals surface area contributed by atoms with Crippen LogP contribution in [0.4, 0.5) is 0 Å². The number of aromatic nitrogens is 2. The first kappa shape index (κ1) is 12.7. The zero-order chi connectivity index (χ0) is 13.0. The van der Waals surface area contributed by atoms with E-state index in [1.807, 2.05) is 6.92 Å². The van der Waals surface area contributed by atoms with Crippen LogP contribution in [-0.4, -0.2) is 22.1 Å². The van der Waals surface area contributed by atoms with Crippen LogP contribution in [0.3, 0.4) is 0 Å². The molecule has 2 heterocycles. The highest BCUT2D eigenvalue weighted by Crippen LogP contribution is 2.14. The third kappa shape index (κ3) is 3.35. The second kappa shape index (κ2) is 5.71. The summed E-state index contributed by atoms with van der Waals surface area (Å²) >= 11 is 0. The van der Waals surface area contributed by atoms with E-state index in [4.69, 9.17) is 5.73 Å². The van der Waals surface area contributed by atoms with Crippen LogP contribution in [0.15, 0.2) is 23.3 Å². The Morgan fingerprint density at radius 2 is 2.44 bits per heavy atom. The van der Waals surface area contributed by atoms with Gasteiger partial charge in [-0.1, -0.05) is 12.2 Å². The molecule has 0 bridgehead atoms. The summed E-state index contributed by atoms with van der Waals surface area (Å²) in [6.45, 7) is 8.03. The van der Waals surface area contributed by atoms with Crippen LogP contribution in [0.25, 0.3) is 0 Å². The maximum Gasteiger partial charge on any atom is 0.189 e. The molecule has 1 aromatic rings. The van der Waals surface area contributed by atoms with Crippen molar-refractivity contribution >= 4 is 5.96 Å². The summed E-state index contributed by atoms with van der Waals surface area (Å²) in [5.41, 5.74) is 7.78. The molecule has 98 valence electrons. The number of nitrogens with two attached hydrogens (primary N) is 1. The lowest BCUT2D eigenvalue weighted by atomic mass is 10.2. The lowest BCUT2D eigenvalue weighted by molar-refractivity contribution is 0.522. The molecule has 1 aromatic heterocycles. The molecule has 0 aromatic carbocycles. The van der Waals surface area contributed by atoms with Crippen LogP contribution in [0, 0.1) is 0 Å². The maximum atomic E-state index is 5.76. The molecule has 18 heavy (non-hydrogen) atoms. The first-order chi connectivity index (χ1) is 8.65. The molecule has 5 heteroatoms. The molecule has 0 saturated carbocycles. The van der Waals surface area contributed by atoms with Crippen molar-refractivity contribution in [3.63, 3.8) is 0 Å². The minimum absolute atomic E-state index is 0.448. The Morgan fingerprint density at radius 1 is 1.61 bits per heavy atom. The van der Waals surface area contributed by atoms with E-state index < -0.39 is 0 Å². The van der Waals surface area contributed by atoms with Crippen LogP contribution in [0.5, 0.6) is 0 Å². The SMILES string of the molecule is C=C(C)CNC(N)=NCc1cn2c(n1)CCCC2. The van der Waals surface area contributed by atoms with Gasteiger partial charge in [0.1, 0.15) is 5.82 Å². The molecule has 0 radical (unpaired) electrons. The number of hydrogen-bond acceptors (Lipinski definition) is 2.